The van der Waals surface area contributed by atoms with Gasteiger partial charge in [-0.15, -0.1) is 0 Å². The maximum absolute atomic E-state index is 5.56. The van der Waals surface area contributed by atoms with E-state index in [4.69, 9.17) is 4.74 Å². The summed E-state index contributed by atoms with van der Waals surface area (Å²) in [5, 5.41) is 0. The topological polar surface area (TPSA) is 38.2 Å². The van der Waals surface area contributed by atoms with Crippen LogP contribution in [0.5, 0.6) is 6.01 Å². The molecule has 0 unspecified atom stereocenters. The average molecular weight is 217 g/mol. The van der Waals surface area contributed by atoms with Gasteiger partial charge in [0.05, 0.1) is 0 Å². The Morgan fingerprint density at radius 1 is 1.31 bits per heavy atom. The highest BCUT2D eigenvalue weighted by atomic mass is 16.5. The summed E-state index contributed by atoms with van der Waals surface area (Å²) in [7, 11) is 2.04. The molecule has 0 amide bonds. The standard InChI is InChI=1S/C12H15N3O/c1-10-8-13-12(14-9-10)16-11-4-3-6-15(2)7-5-11/h4-5,7-9H,3,6H2,1-2H3. The second-order valence-electron chi connectivity index (χ2n) is 3.84. The van der Waals surface area contributed by atoms with Crippen molar-refractivity contribution in [3.8, 4) is 6.01 Å². The number of aromatic nitrogens is 2. The van der Waals surface area contributed by atoms with Crippen LogP contribution in [0, 0.1) is 6.92 Å². The van der Waals surface area contributed by atoms with Gasteiger partial charge in [0.1, 0.15) is 5.76 Å². The summed E-state index contributed by atoms with van der Waals surface area (Å²) in [6.07, 6.45) is 10.4. The van der Waals surface area contributed by atoms with E-state index >= 15 is 0 Å². The molecule has 1 aliphatic heterocycles. The minimum atomic E-state index is 0.394. The fourth-order valence-corrected chi connectivity index (χ4v) is 1.37. The summed E-state index contributed by atoms with van der Waals surface area (Å²) in [5.74, 6) is 0.799. The Bertz CT molecular complexity index is 409. The lowest BCUT2D eigenvalue weighted by Gasteiger charge is -2.08. The zero-order chi connectivity index (χ0) is 11.4. The molecule has 16 heavy (non-hydrogen) atoms. The van der Waals surface area contributed by atoms with Gasteiger partial charge in [-0.3, -0.25) is 0 Å². The fraction of sp³-hybridized carbons (Fsp3) is 0.333. The third-order valence-electron chi connectivity index (χ3n) is 2.29. The van der Waals surface area contributed by atoms with E-state index in [1.54, 1.807) is 12.4 Å². The average Bonchev–Trinajstić information content (AvgIpc) is 2.47. The van der Waals surface area contributed by atoms with Crippen LogP contribution in [0.4, 0.5) is 0 Å². The zero-order valence-corrected chi connectivity index (χ0v) is 9.55. The maximum atomic E-state index is 5.56. The van der Waals surface area contributed by atoms with Crippen LogP contribution in [0.15, 0.2) is 36.5 Å². The molecule has 1 aromatic heterocycles. The molecule has 0 saturated heterocycles. The Balaban J connectivity index is 2.06. The zero-order valence-electron chi connectivity index (χ0n) is 9.55. The Hall–Kier alpha value is -1.84. The van der Waals surface area contributed by atoms with Crippen molar-refractivity contribution in [1.29, 1.82) is 0 Å². The molecular formula is C12H15N3O. The molecule has 0 saturated carbocycles. The lowest BCUT2D eigenvalue weighted by molar-refractivity contribution is 0.405. The van der Waals surface area contributed by atoms with Crippen molar-refractivity contribution in [2.24, 2.45) is 0 Å². The summed E-state index contributed by atoms with van der Waals surface area (Å²) in [6, 6.07) is 0.394. The van der Waals surface area contributed by atoms with Crippen LogP contribution >= 0.6 is 0 Å². The van der Waals surface area contributed by atoms with Crippen LogP contribution in [-0.2, 0) is 0 Å². The van der Waals surface area contributed by atoms with Gasteiger partial charge in [-0.05, 0) is 31.1 Å². The highest BCUT2D eigenvalue weighted by molar-refractivity contribution is 5.18. The Labute approximate surface area is 95.3 Å². The number of hydrogen-bond acceptors (Lipinski definition) is 4. The SMILES string of the molecule is Cc1cnc(OC2=CCCN(C)C=C2)nc1. The molecule has 0 aromatic carbocycles. The number of aryl methyl sites for hydroxylation is 1. The highest BCUT2D eigenvalue weighted by Gasteiger charge is 2.03. The summed E-state index contributed by atoms with van der Waals surface area (Å²) < 4.78 is 5.56. The van der Waals surface area contributed by atoms with E-state index in [0.29, 0.717) is 6.01 Å². The van der Waals surface area contributed by atoms with Crippen LogP contribution in [0.3, 0.4) is 0 Å². The van der Waals surface area contributed by atoms with Crippen LogP contribution < -0.4 is 4.74 Å². The third-order valence-corrected chi connectivity index (χ3v) is 2.29. The molecule has 0 bridgehead atoms. The molecule has 1 aliphatic rings. The predicted octanol–water partition coefficient (Wildman–Crippen LogP) is 1.90. The predicted molar refractivity (Wildman–Crippen MR) is 61.9 cm³/mol. The molecule has 0 radical (unpaired) electrons. The quantitative estimate of drug-likeness (QED) is 0.758. The van der Waals surface area contributed by atoms with Crippen molar-refractivity contribution in [1.82, 2.24) is 14.9 Å². The first-order valence-electron chi connectivity index (χ1n) is 5.29. The van der Waals surface area contributed by atoms with E-state index in [0.717, 1.165) is 24.3 Å². The first-order valence-corrected chi connectivity index (χ1v) is 5.29. The van der Waals surface area contributed by atoms with Crippen LogP contribution in [0.2, 0.25) is 0 Å². The van der Waals surface area contributed by atoms with Gasteiger partial charge in [-0.1, -0.05) is 0 Å². The molecule has 1 aromatic rings. The minimum absolute atomic E-state index is 0.394. The summed E-state index contributed by atoms with van der Waals surface area (Å²) in [6.45, 7) is 2.95. The van der Waals surface area contributed by atoms with E-state index in [9.17, 15) is 0 Å². The third kappa shape index (κ3) is 2.82. The van der Waals surface area contributed by atoms with E-state index in [1.165, 1.54) is 0 Å². The van der Waals surface area contributed by atoms with Gasteiger partial charge in [0.25, 0.3) is 0 Å². The van der Waals surface area contributed by atoms with Crippen molar-refractivity contribution >= 4 is 0 Å². The van der Waals surface area contributed by atoms with Crippen LogP contribution in [-0.4, -0.2) is 28.5 Å². The van der Waals surface area contributed by atoms with Crippen molar-refractivity contribution in [3.63, 3.8) is 0 Å². The number of rotatable bonds is 2. The summed E-state index contributed by atoms with van der Waals surface area (Å²) >= 11 is 0. The Morgan fingerprint density at radius 3 is 2.81 bits per heavy atom. The molecular weight excluding hydrogens is 202 g/mol. The lowest BCUT2D eigenvalue weighted by atomic mass is 10.3. The molecule has 2 heterocycles. The normalized spacial score (nSPS) is 15.6. The Kier molecular flexibility index (Phi) is 3.19. The van der Waals surface area contributed by atoms with Crippen molar-refractivity contribution in [2.45, 2.75) is 13.3 Å². The minimum Gasteiger partial charge on any atom is -0.425 e. The van der Waals surface area contributed by atoms with Gasteiger partial charge in [0.15, 0.2) is 0 Å². The lowest BCUT2D eigenvalue weighted by Crippen LogP contribution is -2.09. The smallest absolute Gasteiger partial charge is 0.321 e. The molecule has 84 valence electrons. The molecule has 4 heteroatoms. The largest absolute Gasteiger partial charge is 0.425 e. The van der Waals surface area contributed by atoms with E-state index in [2.05, 4.69) is 14.9 Å². The molecule has 0 spiro atoms. The van der Waals surface area contributed by atoms with Crippen molar-refractivity contribution < 1.29 is 4.74 Å². The summed E-state index contributed by atoms with van der Waals surface area (Å²) in [4.78, 5) is 10.3. The monoisotopic (exact) mass is 217 g/mol. The molecule has 0 N–H and O–H groups in total. The second kappa shape index (κ2) is 4.79. The van der Waals surface area contributed by atoms with Gasteiger partial charge in [-0.25, -0.2) is 9.97 Å². The second-order valence-corrected chi connectivity index (χ2v) is 3.84. The highest BCUT2D eigenvalue weighted by Crippen LogP contribution is 2.11. The fourth-order valence-electron chi connectivity index (χ4n) is 1.37. The number of allylic oxidation sites excluding steroid dienone is 1. The van der Waals surface area contributed by atoms with Gasteiger partial charge in [-0.2, -0.15) is 0 Å². The molecule has 0 fully saturated rings. The van der Waals surface area contributed by atoms with Gasteiger partial charge in [0.2, 0.25) is 0 Å². The van der Waals surface area contributed by atoms with E-state index in [-0.39, 0.29) is 0 Å². The number of hydrogen-bond donors (Lipinski definition) is 0. The number of nitrogens with zero attached hydrogens (tertiary/aromatic N) is 3. The van der Waals surface area contributed by atoms with Crippen molar-refractivity contribution in [2.75, 3.05) is 13.6 Å². The van der Waals surface area contributed by atoms with Gasteiger partial charge >= 0.3 is 6.01 Å². The first kappa shape index (κ1) is 10.7. The van der Waals surface area contributed by atoms with E-state index in [1.807, 2.05) is 32.3 Å². The maximum Gasteiger partial charge on any atom is 0.321 e. The molecule has 0 aliphatic carbocycles. The van der Waals surface area contributed by atoms with Crippen LogP contribution in [0.25, 0.3) is 0 Å². The van der Waals surface area contributed by atoms with Crippen LogP contribution in [0.1, 0.15) is 12.0 Å². The van der Waals surface area contributed by atoms with Gasteiger partial charge in [0, 0.05) is 32.2 Å². The first-order chi connectivity index (χ1) is 7.74. The molecule has 4 nitrogen and oxygen atoms in total. The molecule has 2 rings (SSSR count). The molecule has 0 atom stereocenters. The number of ether oxygens (including phenoxy) is 1. The van der Waals surface area contributed by atoms with E-state index < -0.39 is 0 Å². The van der Waals surface area contributed by atoms with Crippen molar-refractivity contribution in [3.05, 3.63) is 42.1 Å². The Morgan fingerprint density at radius 2 is 2.06 bits per heavy atom. The summed E-state index contributed by atoms with van der Waals surface area (Å²) in [5.41, 5.74) is 1.03. The van der Waals surface area contributed by atoms with Gasteiger partial charge < -0.3 is 9.64 Å².